The van der Waals surface area contributed by atoms with Gasteiger partial charge in [0.2, 0.25) is 0 Å². The molecular formula is C16H21ClN2O2. The van der Waals surface area contributed by atoms with Gasteiger partial charge in [0.05, 0.1) is 5.02 Å². The summed E-state index contributed by atoms with van der Waals surface area (Å²) in [7, 11) is 0. The van der Waals surface area contributed by atoms with Crippen molar-refractivity contribution in [2.45, 2.75) is 37.9 Å². The van der Waals surface area contributed by atoms with E-state index in [9.17, 15) is 0 Å². The van der Waals surface area contributed by atoms with Crippen molar-refractivity contribution in [3.8, 4) is 11.5 Å². The van der Waals surface area contributed by atoms with Crippen LogP contribution in [0.25, 0.3) is 0 Å². The molecule has 3 heterocycles. The molecule has 1 N–H and O–H groups in total. The Balaban J connectivity index is 1.44. The Labute approximate surface area is 130 Å². The molecule has 2 fully saturated rings. The molecular weight excluding hydrogens is 288 g/mol. The van der Waals surface area contributed by atoms with Gasteiger partial charge >= 0.3 is 0 Å². The molecule has 21 heavy (non-hydrogen) atoms. The normalized spacial score (nSPS) is 27.9. The van der Waals surface area contributed by atoms with Crippen LogP contribution in [-0.2, 0) is 6.54 Å². The molecule has 0 aromatic heterocycles. The molecule has 0 aliphatic carbocycles. The van der Waals surface area contributed by atoms with E-state index in [4.69, 9.17) is 21.1 Å². The second kappa shape index (κ2) is 5.67. The molecule has 0 amide bonds. The molecule has 5 heteroatoms. The molecule has 1 aromatic carbocycles. The van der Waals surface area contributed by atoms with E-state index in [1.165, 1.54) is 37.9 Å². The van der Waals surface area contributed by atoms with Crippen molar-refractivity contribution in [1.29, 1.82) is 0 Å². The summed E-state index contributed by atoms with van der Waals surface area (Å²) in [5, 5.41) is 4.36. The third-order valence-electron chi connectivity index (χ3n) is 4.83. The van der Waals surface area contributed by atoms with Gasteiger partial charge in [0.15, 0.2) is 11.5 Å². The molecule has 2 atom stereocenters. The SMILES string of the molecule is Clc1cc(CNC2CCN3CCCC23)cc2c1OCCO2. The lowest BCUT2D eigenvalue weighted by Crippen LogP contribution is -2.38. The maximum atomic E-state index is 6.29. The van der Waals surface area contributed by atoms with Crippen molar-refractivity contribution in [2.24, 2.45) is 0 Å². The number of nitrogens with zero attached hydrogens (tertiary/aromatic N) is 1. The summed E-state index contributed by atoms with van der Waals surface area (Å²) in [6, 6.07) is 5.38. The summed E-state index contributed by atoms with van der Waals surface area (Å²) in [6.45, 7) is 4.53. The summed E-state index contributed by atoms with van der Waals surface area (Å²) >= 11 is 6.29. The number of nitrogens with one attached hydrogen (secondary N) is 1. The summed E-state index contributed by atoms with van der Waals surface area (Å²) in [4.78, 5) is 2.62. The zero-order valence-corrected chi connectivity index (χ0v) is 12.9. The van der Waals surface area contributed by atoms with E-state index in [0.717, 1.165) is 18.3 Å². The summed E-state index contributed by atoms with van der Waals surface area (Å²) in [5.74, 6) is 1.47. The number of halogens is 1. The molecule has 3 aliphatic heterocycles. The minimum absolute atomic E-state index is 0.573. The van der Waals surface area contributed by atoms with E-state index >= 15 is 0 Å². The molecule has 4 rings (SSSR count). The van der Waals surface area contributed by atoms with Crippen LogP contribution in [0.5, 0.6) is 11.5 Å². The molecule has 3 aliphatic rings. The van der Waals surface area contributed by atoms with E-state index in [2.05, 4.69) is 16.3 Å². The first-order valence-electron chi connectivity index (χ1n) is 7.87. The van der Waals surface area contributed by atoms with E-state index in [1.807, 2.05) is 6.07 Å². The van der Waals surface area contributed by atoms with Crippen molar-refractivity contribution >= 4 is 11.6 Å². The zero-order valence-electron chi connectivity index (χ0n) is 12.1. The number of rotatable bonds is 3. The first-order valence-corrected chi connectivity index (χ1v) is 8.24. The first-order chi connectivity index (χ1) is 10.3. The summed E-state index contributed by atoms with van der Waals surface area (Å²) < 4.78 is 11.2. The van der Waals surface area contributed by atoms with Gasteiger partial charge in [0, 0.05) is 25.2 Å². The maximum Gasteiger partial charge on any atom is 0.179 e. The Morgan fingerprint density at radius 1 is 1.19 bits per heavy atom. The van der Waals surface area contributed by atoms with E-state index in [0.29, 0.717) is 30.0 Å². The van der Waals surface area contributed by atoms with Crippen molar-refractivity contribution < 1.29 is 9.47 Å². The van der Waals surface area contributed by atoms with Crippen molar-refractivity contribution in [3.05, 3.63) is 22.7 Å². The van der Waals surface area contributed by atoms with Gasteiger partial charge < -0.3 is 14.8 Å². The van der Waals surface area contributed by atoms with Crippen LogP contribution in [-0.4, -0.2) is 43.3 Å². The third-order valence-corrected chi connectivity index (χ3v) is 5.11. The largest absolute Gasteiger partial charge is 0.486 e. The van der Waals surface area contributed by atoms with Crippen molar-refractivity contribution in [3.63, 3.8) is 0 Å². The van der Waals surface area contributed by atoms with Crippen LogP contribution in [0.15, 0.2) is 12.1 Å². The van der Waals surface area contributed by atoms with Gasteiger partial charge in [-0.3, -0.25) is 4.90 Å². The fourth-order valence-corrected chi connectivity index (χ4v) is 4.12. The molecule has 2 saturated heterocycles. The maximum absolute atomic E-state index is 6.29. The lowest BCUT2D eigenvalue weighted by Gasteiger charge is -2.23. The van der Waals surface area contributed by atoms with Gasteiger partial charge in [-0.05, 0) is 43.5 Å². The first kappa shape index (κ1) is 13.7. The molecule has 0 radical (unpaired) electrons. The highest BCUT2D eigenvalue weighted by Crippen LogP contribution is 2.38. The number of hydrogen-bond acceptors (Lipinski definition) is 4. The fourth-order valence-electron chi connectivity index (χ4n) is 3.84. The highest BCUT2D eigenvalue weighted by molar-refractivity contribution is 6.32. The molecule has 0 spiro atoms. The molecule has 0 bridgehead atoms. The monoisotopic (exact) mass is 308 g/mol. The smallest absolute Gasteiger partial charge is 0.179 e. The predicted octanol–water partition coefficient (Wildman–Crippen LogP) is 2.44. The van der Waals surface area contributed by atoms with Gasteiger partial charge in [-0.25, -0.2) is 0 Å². The Hall–Kier alpha value is -0.970. The lowest BCUT2D eigenvalue weighted by atomic mass is 10.1. The second-order valence-corrected chi connectivity index (χ2v) is 6.53. The topological polar surface area (TPSA) is 33.7 Å². The van der Waals surface area contributed by atoms with Gasteiger partial charge in [0.25, 0.3) is 0 Å². The Morgan fingerprint density at radius 2 is 2.10 bits per heavy atom. The molecule has 114 valence electrons. The van der Waals surface area contributed by atoms with Crippen LogP contribution in [0, 0.1) is 0 Å². The highest BCUT2D eigenvalue weighted by atomic mass is 35.5. The quantitative estimate of drug-likeness (QED) is 0.930. The molecule has 1 aromatic rings. The lowest BCUT2D eigenvalue weighted by molar-refractivity contribution is 0.171. The number of fused-ring (bicyclic) bond motifs is 2. The average Bonchev–Trinajstić information content (AvgIpc) is 3.09. The Kier molecular flexibility index (Phi) is 3.69. The van der Waals surface area contributed by atoms with Gasteiger partial charge in [-0.15, -0.1) is 0 Å². The van der Waals surface area contributed by atoms with Crippen LogP contribution in [0.3, 0.4) is 0 Å². The number of benzene rings is 1. The average molecular weight is 309 g/mol. The van der Waals surface area contributed by atoms with Crippen LogP contribution in [0.4, 0.5) is 0 Å². The molecule has 0 saturated carbocycles. The van der Waals surface area contributed by atoms with E-state index in [1.54, 1.807) is 0 Å². The van der Waals surface area contributed by atoms with Gasteiger partial charge in [0.1, 0.15) is 13.2 Å². The highest BCUT2D eigenvalue weighted by Gasteiger charge is 2.36. The van der Waals surface area contributed by atoms with Gasteiger partial charge in [-0.1, -0.05) is 11.6 Å². The number of ether oxygens (including phenoxy) is 2. The minimum Gasteiger partial charge on any atom is -0.486 e. The summed E-state index contributed by atoms with van der Waals surface area (Å²) in [5.41, 5.74) is 1.17. The second-order valence-electron chi connectivity index (χ2n) is 6.12. The third kappa shape index (κ3) is 2.60. The zero-order chi connectivity index (χ0) is 14.2. The molecule has 4 nitrogen and oxygen atoms in total. The van der Waals surface area contributed by atoms with Crippen LogP contribution in [0.2, 0.25) is 5.02 Å². The Bertz CT molecular complexity index is 537. The van der Waals surface area contributed by atoms with Crippen LogP contribution < -0.4 is 14.8 Å². The number of hydrogen-bond donors (Lipinski definition) is 1. The minimum atomic E-state index is 0.573. The van der Waals surface area contributed by atoms with Crippen LogP contribution >= 0.6 is 11.6 Å². The van der Waals surface area contributed by atoms with Gasteiger partial charge in [-0.2, -0.15) is 0 Å². The predicted molar refractivity (Wildman–Crippen MR) is 82.3 cm³/mol. The Morgan fingerprint density at radius 3 is 3.05 bits per heavy atom. The van der Waals surface area contributed by atoms with Crippen molar-refractivity contribution in [2.75, 3.05) is 26.3 Å². The van der Waals surface area contributed by atoms with E-state index < -0.39 is 0 Å². The standard InChI is InChI=1S/C16H21ClN2O2/c17-12-8-11(9-15-16(12)21-7-6-20-15)10-18-13-3-5-19-4-1-2-14(13)19/h8-9,13-14,18H,1-7,10H2. The van der Waals surface area contributed by atoms with Crippen LogP contribution in [0.1, 0.15) is 24.8 Å². The fraction of sp³-hybridized carbons (Fsp3) is 0.625. The van der Waals surface area contributed by atoms with E-state index in [-0.39, 0.29) is 0 Å². The van der Waals surface area contributed by atoms with Crippen molar-refractivity contribution in [1.82, 2.24) is 10.2 Å². The summed E-state index contributed by atoms with van der Waals surface area (Å²) in [6.07, 6.45) is 3.93. The molecule has 2 unspecified atom stereocenters.